The Kier molecular flexibility index (Phi) is 6.74. The highest BCUT2D eigenvalue weighted by atomic mass is 32.2. The number of carbonyl (C=O) groups is 1. The van der Waals surface area contributed by atoms with Crippen LogP contribution in [-0.4, -0.2) is 38.0 Å². The molecule has 2 aromatic carbocycles. The highest BCUT2D eigenvalue weighted by Crippen LogP contribution is 2.41. The molecule has 2 atom stereocenters. The molecule has 1 aliphatic carbocycles. The summed E-state index contributed by atoms with van der Waals surface area (Å²) in [5, 5.41) is 3.40. The molecular weight excluding hydrogens is 472 g/mol. The molecule has 1 saturated heterocycles. The van der Waals surface area contributed by atoms with E-state index in [4.69, 9.17) is 0 Å². The second kappa shape index (κ2) is 9.30. The number of benzene rings is 2. The number of nitrogens with one attached hydrogen (secondary N) is 2. The summed E-state index contributed by atoms with van der Waals surface area (Å²) in [5.74, 6) is -0.00470. The average molecular weight is 499 g/mol. The van der Waals surface area contributed by atoms with Gasteiger partial charge in [0.1, 0.15) is 0 Å². The Morgan fingerprint density at radius 2 is 1.71 bits per heavy atom. The second-order valence-electron chi connectivity index (χ2n) is 9.00. The van der Waals surface area contributed by atoms with Crippen LogP contribution in [-0.2, 0) is 20.8 Å². The van der Waals surface area contributed by atoms with Crippen molar-refractivity contribution in [2.24, 2.45) is 0 Å². The molecule has 0 spiro atoms. The molecule has 5 nitrogen and oxygen atoms in total. The normalized spacial score (nSPS) is 27.9. The smallest absolute Gasteiger partial charge is 0.352 e. The molecule has 34 heavy (non-hydrogen) atoms. The Morgan fingerprint density at radius 1 is 1.03 bits per heavy atom. The minimum Gasteiger partial charge on any atom is -0.352 e. The number of sulfone groups is 1. The largest absolute Gasteiger partial charge is 0.416 e. The third-order valence-electron chi connectivity index (χ3n) is 6.75. The van der Waals surface area contributed by atoms with Gasteiger partial charge in [-0.3, -0.25) is 4.79 Å². The van der Waals surface area contributed by atoms with Crippen molar-refractivity contribution in [2.75, 3.05) is 6.54 Å². The lowest BCUT2D eigenvalue weighted by molar-refractivity contribution is -0.137. The van der Waals surface area contributed by atoms with Gasteiger partial charge in [0.25, 0.3) is 0 Å². The summed E-state index contributed by atoms with van der Waals surface area (Å²) in [5.41, 5.74) is 0.000901. The van der Waals surface area contributed by atoms with E-state index in [0.717, 1.165) is 23.8 Å². The van der Waals surface area contributed by atoms with Crippen molar-refractivity contribution in [1.82, 2.24) is 10.6 Å². The van der Waals surface area contributed by atoms with Gasteiger partial charge in [-0.2, -0.15) is 13.2 Å². The predicted molar refractivity (Wildman–Crippen MR) is 118 cm³/mol. The SMILES string of the molecule is O=C(N[C@H]1CC[C@@](F)(S(=O)(=O)c2cccc(C(F)(F)F)c2)CC1)[C@@H]1C[C@H](c2ccccc2)CN1. The quantitative estimate of drug-likeness (QED) is 0.602. The van der Waals surface area contributed by atoms with Crippen molar-refractivity contribution in [3.8, 4) is 0 Å². The van der Waals surface area contributed by atoms with Crippen molar-refractivity contribution in [1.29, 1.82) is 0 Å². The van der Waals surface area contributed by atoms with Crippen LogP contribution in [0.2, 0.25) is 0 Å². The van der Waals surface area contributed by atoms with E-state index in [1.54, 1.807) is 0 Å². The summed E-state index contributed by atoms with van der Waals surface area (Å²) >= 11 is 0. The Labute approximate surface area is 195 Å². The van der Waals surface area contributed by atoms with Crippen molar-refractivity contribution in [3.05, 3.63) is 65.7 Å². The van der Waals surface area contributed by atoms with Gasteiger partial charge in [0.05, 0.1) is 16.5 Å². The van der Waals surface area contributed by atoms with Gasteiger partial charge >= 0.3 is 6.18 Å². The van der Waals surface area contributed by atoms with E-state index in [9.17, 15) is 26.4 Å². The third-order valence-corrected chi connectivity index (χ3v) is 9.00. The number of carbonyl (C=O) groups excluding carboxylic acids is 1. The lowest BCUT2D eigenvalue weighted by Crippen LogP contribution is -2.49. The summed E-state index contributed by atoms with van der Waals surface area (Å²) in [6.07, 6.45) is -4.75. The van der Waals surface area contributed by atoms with E-state index < -0.39 is 56.4 Å². The van der Waals surface area contributed by atoms with Crippen LogP contribution in [0.4, 0.5) is 17.6 Å². The fourth-order valence-corrected chi connectivity index (χ4v) is 6.46. The van der Waals surface area contributed by atoms with Crippen LogP contribution in [0.25, 0.3) is 0 Å². The number of halogens is 4. The molecule has 2 aromatic rings. The second-order valence-corrected chi connectivity index (χ2v) is 11.2. The van der Waals surface area contributed by atoms with Gasteiger partial charge in [-0.25, -0.2) is 12.8 Å². The molecule has 0 unspecified atom stereocenters. The molecule has 0 radical (unpaired) electrons. The molecule has 184 valence electrons. The van der Waals surface area contributed by atoms with Crippen LogP contribution in [0, 0.1) is 0 Å². The minimum atomic E-state index is -4.73. The summed E-state index contributed by atoms with van der Waals surface area (Å²) in [6.45, 7) is 0.662. The first-order chi connectivity index (χ1) is 16.0. The Hall–Kier alpha value is -2.46. The van der Waals surface area contributed by atoms with Gasteiger partial charge in [-0.15, -0.1) is 0 Å². The Morgan fingerprint density at radius 3 is 2.35 bits per heavy atom. The van der Waals surface area contributed by atoms with Gasteiger partial charge in [-0.1, -0.05) is 36.4 Å². The van der Waals surface area contributed by atoms with Crippen molar-refractivity contribution in [2.45, 2.75) is 66.2 Å². The maximum Gasteiger partial charge on any atom is 0.416 e. The molecule has 10 heteroatoms. The standard InChI is InChI=1S/C24H26F4N2O3S/c25-23(34(32,33)20-8-4-7-18(14-20)24(26,27)28)11-9-19(10-12-23)30-22(31)21-13-17(15-29-21)16-5-2-1-3-6-16/h1-8,14,17,19,21,29H,9-13,15H2,(H,30,31)/t17-,19-,21-,23+/m0/s1. The molecule has 0 aromatic heterocycles. The topological polar surface area (TPSA) is 75.3 Å². The van der Waals surface area contributed by atoms with Gasteiger partial charge in [0.2, 0.25) is 20.7 Å². The predicted octanol–water partition coefficient (Wildman–Crippen LogP) is 4.35. The zero-order valence-corrected chi connectivity index (χ0v) is 19.1. The minimum absolute atomic E-state index is 0.0786. The lowest BCUT2D eigenvalue weighted by Gasteiger charge is -2.34. The molecule has 4 rings (SSSR count). The summed E-state index contributed by atoms with van der Waals surface area (Å²) in [6, 6.07) is 12.2. The first-order valence-electron chi connectivity index (χ1n) is 11.2. The van der Waals surface area contributed by atoms with Crippen molar-refractivity contribution in [3.63, 3.8) is 0 Å². The Balaban J connectivity index is 1.36. The van der Waals surface area contributed by atoms with Gasteiger partial charge in [0.15, 0.2) is 0 Å². The van der Waals surface area contributed by atoms with E-state index in [1.807, 2.05) is 30.3 Å². The third kappa shape index (κ3) is 4.98. The molecule has 2 fully saturated rings. The van der Waals surface area contributed by atoms with E-state index in [0.29, 0.717) is 19.0 Å². The van der Waals surface area contributed by atoms with Gasteiger partial charge in [-0.05, 0) is 61.8 Å². The van der Waals surface area contributed by atoms with E-state index >= 15 is 4.39 Å². The molecule has 2 N–H and O–H groups in total. The highest BCUT2D eigenvalue weighted by molar-refractivity contribution is 7.92. The van der Waals surface area contributed by atoms with Gasteiger partial charge in [0, 0.05) is 12.6 Å². The van der Waals surface area contributed by atoms with Crippen molar-refractivity contribution < 1.29 is 30.8 Å². The van der Waals surface area contributed by atoms with E-state index in [1.165, 1.54) is 0 Å². The molecule has 1 aliphatic heterocycles. The molecular formula is C24H26F4N2O3S. The van der Waals surface area contributed by atoms with Crippen molar-refractivity contribution >= 4 is 15.7 Å². The summed E-state index contributed by atoms with van der Waals surface area (Å²) in [4.78, 5) is 12.0. The molecule has 0 bridgehead atoms. The lowest BCUT2D eigenvalue weighted by atomic mass is 9.92. The maximum absolute atomic E-state index is 15.5. The number of amides is 1. The molecule has 1 heterocycles. The average Bonchev–Trinajstić information content (AvgIpc) is 3.31. The fraction of sp³-hybridized carbons (Fsp3) is 0.458. The van der Waals surface area contributed by atoms with Crippen LogP contribution in [0.5, 0.6) is 0 Å². The van der Waals surface area contributed by atoms with Crippen LogP contribution >= 0.6 is 0 Å². The first-order valence-corrected chi connectivity index (χ1v) is 12.7. The Bertz CT molecular complexity index is 1130. The van der Waals surface area contributed by atoms with Crippen LogP contribution in [0.15, 0.2) is 59.5 Å². The van der Waals surface area contributed by atoms with Crippen LogP contribution in [0.1, 0.15) is 49.1 Å². The van der Waals surface area contributed by atoms with Gasteiger partial charge < -0.3 is 10.6 Å². The number of rotatable bonds is 5. The van der Waals surface area contributed by atoms with Crippen LogP contribution in [0.3, 0.4) is 0 Å². The highest BCUT2D eigenvalue weighted by Gasteiger charge is 2.48. The summed E-state index contributed by atoms with van der Waals surface area (Å²) < 4.78 is 80.2. The van der Waals surface area contributed by atoms with E-state index in [-0.39, 0.29) is 24.7 Å². The zero-order chi connectivity index (χ0) is 24.6. The number of hydrogen-bond acceptors (Lipinski definition) is 4. The molecule has 1 amide bonds. The number of alkyl halides is 4. The monoisotopic (exact) mass is 498 g/mol. The summed E-state index contributed by atoms with van der Waals surface area (Å²) in [7, 11) is -4.64. The fourth-order valence-electron chi connectivity index (χ4n) is 4.73. The molecule has 1 saturated carbocycles. The van der Waals surface area contributed by atoms with E-state index in [2.05, 4.69) is 10.6 Å². The zero-order valence-electron chi connectivity index (χ0n) is 18.3. The number of hydrogen-bond donors (Lipinski definition) is 2. The maximum atomic E-state index is 15.5. The first kappa shape index (κ1) is 24.7. The van der Waals surface area contributed by atoms with Crippen LogP contribution < -0.4 is 10.6 Å². The molecule has 2 aliphatic rings.